The lowest BCUT2D eigenvalue weighted by molar-refractivity contribution is -0.117. The number of carbonyl (C=O) groups is 1. The fraction of sp³-hybridized carbons (Fsp3) is 0.455. The van der Waals surface area contributed by atoms with Crippen molar-refractivity contribution < 1.29 is 21.3 Å². The van der Waals surface area contributed by atoms with E-state index in [1.165, 1.54) is 12.3 Å². The van der Waals surface area contributed by atoms with Crippen molar-refractivity contribution in [2.45, 2.75) is 25.7 Å². The number of nitrogens with one attached hydrogen (secondary N) is 1. The van der Waals surface area contributed by atoms with Gasteiger partial charge in [-0.25, -0.2) is 0 Å². The van der Waals surface area contributed by atoms with Crippen molar-refractivity contribution in [3.05, 3.63) is 18.5 Å². The summed E-state index contributed by atoms with van der Waals surface area (Å²) in [5.41, 5.74) is 0.269. The zero-order valence-corrected chi connectivity index (χ0v) is 10.8. The van der Waals surface area contributed by atoms with Crippen molar-refractivity contribution >= 4 is 22.1 Å². The summed E-state index contributed by atoms with van der Waals surface area (Å²) in [6.07, 6.45) is 6.04. The number of halogens is 1. The molecule has 0 saturated heterocycles. The molecule has 1 saturated carbocycles. The minimum Gasteiger partial charge on any atom is -0.357 e. The van der Waals surface area contributed by atoms with Crippen molar-refractivity contribution in [1.29, 1.82) is 0 Å². The smallest absolute Gasteiger partial charge is 0.357 e. The summed E-state index contributed by atoms with van der Waals surface area (Å²) in [6.45, 7) is 0. The molecule has 1 aliphatic carbocycles. The number of rotatable bonds is 5. The van der Waals surface area contributed by atoms with Gasteiger partial charge < -0.3 is 9.50 Å². The summed E-state index contributed by atoms with van der Waals surface area (Å²) >= 11 is 0. The largest absolute Gasteiger partial charge is 0.488 e. The van der Waals surface area contributed by atoms with Crippen LogP contribution >= 0.6 is 0 Å². The highest BCUT2D eigenvalue weighted by atomic mass is 32.3. The highest BCUT2D eigenvalue weighted by Gasteiger charge is 2.20. The molecule has 1 heterocycles. The molecule has 19 heavy (non-hydrogen) atoms. The number of hydrogen-bond acceptors (Lipinski definition) is 5. The van der Waals surface area contributed by atoms with Crippen LogP contribution in [0.15, 0.2) is 18.5 Å². The highest BCUT2D eigenvalue weighted by Crippen LogP contribution is 2.29. The SMILES string of the molecule is O=C(CC1CCC1)Nc1cncc(OS(=O)(=O)F)c1. The number of amides is 1. The van der Waals surface area contributed by atoms with E-state index in [0.29, 0.717) is 12.3 Å². The monoisotopic (exact) mass is 288 g/mol. The Balaban J connectivity index is 1.96. The van der Waals surface area contributed by atoms with Gasteiger partial charge in [-0.3, -0.25) is 9.78 Å². The maximum atomic E-state index is 12.3. The molecule has 1 fully saturated rings. The number of pyridine rings is 1. The van der Waals surface area contributed by atoms with Gasteiger partial charge in [0.1, 0.15) is 0 Å². The van der Waals surface area contributed by atoms with E-state index in [9.17, 15) is 17.1 Å². The second kappa shape index (κ2) is 5.52. The van der Waals surface area contributed by atoms with Gasteiger partial charge >= 0.3 is 10.5 Å². The Bertz CT molecular complexity index is 572. The number of nitrogens with zero attached hydrogens (tertiary/aromatic N) is 1. The first-order chi connectivity index (χ1) is 8.92. The standard InChI is InChI=1S/C11H13FN2O4S/c12-19(16,17)18-10-5-9(6-13-7-10)14-11(15)4-8-2-1-3-8/h5-8H,1-4H2,(H,14,15). The fourth-order valence-electron chi connectivity index (χ4n) is 1.82. The van der Waals surface area contributed by atoms with Gasteiger partial charge in [0.05, 0.1) is 18.1 Å². The van der Waals surface area contributed by atoms with Crippen molar-refractivity contribution in [2.24, 2.45) is 5.92 Å². The summed E-state index contributed by atoms with van der Waals surface area (Å²) in [5, 5.41) is 2.57. The molecule has 6 nitrogen and oxygen atoms in total. The third-order valence-corrected chi connectivity index (χ3v) is 3.28. The van der Waals surface area contributed by atoms with Crippen LogP contribution in [-0.2, 0) is 15.3 Å². The molecule has 1 amide bonds. The molecule has 0 unspecified atom stereocenters. The predicted molar refractivity (Wildman–Crippen MR) is 65.5 cm³/mol. The lowest BCUT2D eigenvalue weighted by Gasteiger charge is -2.24. The summed E-state index contributed by atoms with van der Waals surface area (Å²) in [4.78, 5) is 15.3. The van der Waals surface area contributed by atoms with Crippen LogP contribution in [0, 0.1) is 5.92 Å². The molecule has 1 N–H and O–H groups in total. The van der Waals surface area contributed by atoms with Crippen molar-refractivity contribution in [1.82, 2.24) is 4.98 Å². The van der Waals surface area contributed by atoms with E-state index in [4.69, 9.17) is 0 Å². The Labute approximate surface area is 110 Å². The molecule has 8 heteroatoms. The van der Waals surface area contributed by atoms with Crippen LogP contribution in [0.3, 0.4) is 0 Å². The molecule has 2 rings (SSSR count). The molecule has 0 radical (unpaired) electrons. The first-order valence-corrected chi connectivity index (χ1v) is 7.12. The summed E-state index contributed by atoms with van der Waals surface area (Å²) < 4.78 is 37.0. The zero-order chi connectivity index (χ0) is 13.9. The van der Waals surface area contributed by atoms with Crippen LogP contribution in [-0.4, -0.2) is 19.3 Å². The van der Waals surface area contributed by atoms with Crippen LogP contribution < -0.4 is 9.50 Å². The topological polar surface area (TPSA) is 85.4 Å². The van der Waals surface area contributed by atoms with E-state index in [1.807, 2.05) is 0 Å². The quantitative estimate of drug-likeness (QED) is 0.835. The number of carbonyl (C=O) groups excluding carboxylic acids is 1. The maximum absolute atomic E-state index is 12.3. The van der Waals surface area contributed by atoms with Gasteiger partial charge in [0, 0.05) is 12.5 Å². The first-order valence-electron chi connectivity index (χ1n) is 5.81. The van der Waals surface area contributed by atoms with E-state index < -0.39 is 10.5 Å². The Morgan fingerprint density at radius 3 is 2.79 bits per heavy atom. The van der Waals surface area contributed by atoms with Crippen LogP contribution in [0.2, 0.25) is 0 Å². The third kappa shape index (κ3) is 4.47. The van der Waals surface area contributed by atoms with Gasteiger partial charge in [0.25, 0.3) is 0 Å². The summed E-state index contributed by atoms with van der Waals surface area (Å²) in [5.74, 6) is -0.0469. The average molecular weight is 288 g/mol. The minimum absolute atomic E-state index is 0.174. The van der Waals surface area contributed by atoms with Gasteiger partial charge in [-0.2, -0.15) is 8.42 Å². The summed E-state index contributed by atoms with van der Waals surface area (Å²) in [7, 11) is -5.09. The predicted octanol–water partition coefficient (Wildman–Crippen LogP) is 1.80. The molecule has 0 bridgehead atoms. The van der Waals surface area contributed by atoms with Gasteiger partial charge in [-0.1, -0.05) is 10.3 Å². The molecule has 0 spiro atoms. The van der Waals surface area contributed by atoms with Gasteiger partial charge in [0.15, 0.2) is 5.75 Å². The molecule has 0 atom stereocenters. The minimum atomic E-state index is -5.09. The van der Waals surface area contributed by atoms with Crippen molar-refractivity contribution in [2.75, 3.05) is 5.32 Å². The van der Waals surface area contributed by atoms with Crippen molar-refractivity contribution in [3.8, 4) is 5.75 Å². The van der Waals surface area contributed by atoms with Crippen LogP contribution in [0.1, 0.15) is 25.7 Å². The van der Waals surface area contributed by atoms with Gasteiger partial charge in [-0.05, 0) is 18.8 Å². The lowest BCUT2D eigenvalue weighted by Crippen LogP contribution is -2.20. The number of anilines is 1. The second-order valence-corrected chi connectivity index (χ2v) is 5.39. The molecule has 1 aliphatic rings. The molecular formula is C11H13FN2O4S. The Hall–Kier alpha value is -1.70. The molecule has 1 aromatic heterocycles. The Morgan fingerprint density at radius 2 is 2.21 bits per heavy atom. The van der Waals surface area contributed by atoms with E-state index in [-0.39, 0.29) is 17.3 Å². The van der Waals surface area contributed by atoms with Crippen LogP contribution in [0.25, 0.3) is 0 Å². The molecular weight excluding hydrogens is 275 g/mol. The average Bonchev–Trinajstić information content (AvgIpc) is 2.21. The van der Waals surface area contributed by atoms with Crippen LogP contribution in [0.4, 0.5) is 9.57 Å². The Kier molecular flexibility index (Phi) is 3.98. The van der Waals surface area contributed by atoms with Crippen LogP contribution in [0.5, 0.6) is 5.75 Å². The second-order valence-electron chi connectivity index (χ2n) is 4.43. The van der Waals surface area contributed by atoms with E-state index in [2.05, 4.69) is 14.5 Å². The molecule has 104 valence electrons. The lowest BCUT2D eigenvalue weighted by atomic mass is 9.83. The van der Waals surface area contributed by atoms with E-state index in [1.54, 1.807) is 0 Å². The number of hydrogen-bond donors (Lipinski definition) is 1. The Morgan fingerprint density at radius 1 is 1.47 bits per heavy atom. The first kappa shape index (κ1) is 13.7. The fourth-order valence-corrected chi connectivity index (χ4v) is 2.14. The van der Waals surface area contributed by atoms with Crippen molar-refractivity contribution in [3.63, 3.8) is 0 Å². The van der Waals surface area contributed by atoms with Gasteiger partial charge in [-0.15, -0.1) is 0 Å². The number of aromatic nitrogens is 1. The summed E-state index contributed by atoms with van der Waals surface area (Å²) in [6, 6.07) is 1.20. The molecule has 0 aliphatic heterocycles. The highest BCUT2D eigenvalue weighted by molar-refractivity contribution is 7.81. The third-order valence-electron chi connectivity index (χ3n) is 2.89. The zero-order valence-electron chi connectivity index (χ0n) is 10.0. The van der Waals surface area contributed by atoms with E-state index >= 15 is 0 Å². The maximum Gasteiger partial charge on any atom is 0.488 e. The normalized spacial score (nSPS) is 15.6. The molecule has 0 aromatic carbocycles. The van der Waals surface area contributed by atoms with Gasteiger partial charge in [0.2, 0.25) is 5.91 Å². The molecule has 1 aromatic rings. The van der Waals surface area contributed by atoms with E-state index in [0.717, 1.165) is 25.5 Å².